The summed E-state index contributed by atoms with van der Waals surface area (Å²) in [7, 11) is -0.839. The summed E-state index contributed by atoms with van der Waals surface area (Å²) in [5, 5.41) is 0. The first kappa shape index (κ1) is 18.0. The maximum absolute atomic E-state index is 13.8. The van der Waals surface area contributed by atoms with Gasteiger partial charge in [-0.05, 0) is 45.4 Å². The number of ether oxygens (including phenoxy) is 1. The first-order chi connectivity index (χ1) is 10.3. The SMILES string of the molecule is CC1(C)OB([C@@H](N)c2ccc(OC(F)(F)F)c(F)c2)OC1(C)C. The van der Waals surface area contributed by atoms with E-state index in [1.165, 1.54) is 6.07 Å². The molecule has 128 valence electrons. The van der Waals surface area contributed by atoms with E-state index in [4.69, 9.17) is 15.0 Å². The molecule has 23 heavy (non-hydrogen) atoms. The third-order valence-corrected chi connectivity index (χ3v) is 4.13. The number of hydrogen-bond acceptors (Lipinski definition) is 4. The van der Waals surface area contributed by atoms with Crippen LogP contribution in [0.5, 0.6) is 5.75 Å². The normalized spacial score (nSPS) is 21.3. The van der Waals surface area contributed by atoms with Crippen LogP contribution < -0.4 is 10.5 Å². The van der Waals surface area contributed by atoms with Crippen LogP contribution in [0.25, 0.3) is 0 Å². The molecule has 0 spiro atoms. The smallest absolute Gasteiger partial charge is 0.403 e. The van der Waals surface area contributed by atoms with Crippen LogP contribution in [-0.2, 0) is 9.31 Å². The Kier molecular flexibility index (Phi) is 4.42. The zero-order valence-electron chi connectivity index (χ0n) is 13.2. The van der Waals surface area contributed by atoms with Gasteiger partial charge in [0.15, 0.2) is 11.6 Å². The molecule has 0 amide bonds. The molecular weight excluding hydrogens is 317 g/mol. The molecule has 1 saturated heterocycles. The first-order valence-electron chi connectivity index (χ1n) is 6.99. The molecule has 0 radical (unpaired) electrons. The lowest BCUT2D eigenvalue weighted by atomic mass is 9.75. The van der Waals surface area contributed by atoms with Crippen molar-refractivity contribution in [2.45, 2.75) is 51.2 Å². The van der Waals surface area contributed by atoms with Gasteiger partial charge in [-0.15, -0.1) is 13.2 Å². The maximum Gasteiger partial charge on any atom is 0.573 e. The molecule has 0 bridgehead atoms. The lowest BCUT2D eigenvalue weighted by molar-refractivity contribution is -0.275. The van der Waals surface area contributed by atoms with Crippen LogP contribution in [0.3, 0.4) is 0 Å². The Labute approximate surface area is 132 Å². The summed E-state index contributed by atoms with van der Waals surface area (Å²) in [6, 6.07) is 3.01. The van der Waals surface area contributed by atoms with Gasteiger partial charge in [-0.1, -0.05) is 6.07 Å². The molecule has 0 unspecified atom stereocenters. The molecule has 1 aromatic carbocycles. The van der Waals surface area contributed by atoms with Crippen molar-refractivity contribution in [1.29, 1.82) is 0 Å². The zero-order valence-corrected chi connectivity index (χ0v) is 13.2. The van der Waals surface area contributed by atoms with Gasteiger partial charge >= 0.3 is 13.5 Å². The van der Waals surface area contributed by atoms with Crippen molar-refractivity contribution in [3.63, 3.8) is 0 Å². The molecular formula is C14H18BF4NO3. The molecule has 9 heteroatoms. The summed E-state index contributed by atoms with van der Waals surface area (Å²) in [6.45, 7) is 7.34. The van der Waals surface area contributed by atoms with Gasteiger partial charge in [0.2, 0.25) is 0 Å². The van der Waals surface area contributed by atoms with Crippen molar-refractivity contribution in [1.82, 2.24) is 0 Å². The minimum Gasteiger partial charge on any atom is -0.403 e. The Hall–Kier alpha value is -1.32. The van der Waals surface area contributed by atoms with E-state index in [0.29, 0.717) is 0 Å². The summed E-state index contributed by atoms with van der Waals surface area (Å²) >= 11 is 0. The maximum atomic E-state index is 13.8. The molecule has 1 atom stereocenters. The molecule has 2 N–H and O–H groups in total. The Morgan fingerprint density at radius 2 is 1.65 bits per heavy atom. The molecule has 1 heterocycles. The predicted octanol–water partition coefficient (Wildman–Crippen LogP) is 3.36. The zero-order chi connectivity index (χ0) is 17.6. The monoisotopic (exact) mass is 335 g/mol. The topological polar surface area (TPSA) is 53.7 Å². The van der Waals surface area contributed by atoms with Gasteiger partial charge in [0.1, 0.15) is 0 Å². The predicted molar refractivity (Wildman–Crippen MR) is 76.1 cm³/mol. The average molecular weight is 335 g/mol. The van der Waals surface area contributed by atoms with E-state index in [-0.39, 0.29) is 5.56 Å². The summed E-state index contributed by atoms with van der Waals surface area (Å²) in [5.74, 6) is -2.93. The fourth-order valence-corrected chi connectivity index (χ4v) is 2.12. The fourth-order valence-electron chi connectivity index (χ4n) is 2.12. The first-order valence-corrected chi connectivity index (χ1v) is 6.99. The number of hydrogen-bond donors (Lipinski definition) is 1. The third kappa shape index (κ3) is 3.78. The van der Waals surface area contributed by atoms with E-state index in [9.17, 15) is 17.6 Å². The summed E-state index contributed by atoms with van der Waals surface area (Å²) in [6.07, 6.45) is -4.96. The largest absolute Gasteiger partial charge is 0.573 e. The van der Waals surface area contributed by atoms with Gasteiger partial charge in [0, 0.05) is 0 Å². The Bertz CT molecular complexity index is 576. The highest BCUT2D eigenvalue weighted by Crippen LogP contribution is 2.40. The third-order valence-electron chi connectivity index (χ3n) is 4.13. The molecule has 1 fully saturated rings. The summed E-state index contributed by atoms with van der Waals surface area (Å²) in [5.41, 5.74) is 5.02. The fraction of sp³-hybridized carbons (Fsp3) is 0.571. The van der Waals surface area contributed by atoms with Gasteiger partial charge in [-0.25, -0.2) is 4.39 Å². The van der Waals surface area contributed by atoms with E-state index in [2.05, 4.69) is 4.74 Å². The second-order valence-electron chi connectivity index (χ2n) is 6.39. The van der Waals surface area contributed by atoms with Crippen LogP contribution in [0.2, 0.25) is 0 Å². The van der Waals surface area contributed by atoms with Crippen molar-refractivity contribution in [2.24, 2.45) is 5.73 Å². The molecule has 0 aromatic heterocycles. The van der Waals surface area contributed by atoms with Crippen molar-refractivity contribution in [3.8, 4) is 5.75 Å². The van der Waals surface area contributed by atoms with Crippen LogP contribution in [-0.4, -0.2) is 24.7 Å². The number of rotatable bonds is 3. The second-order valence-corrected chi connectivity index (χ2v) is 6.39. The average Bonchev–Trinajstić information content (AvgIpc) is 2.58. The minimum absolute atomic E-state index is 0.246. The van der Waals surface area contributed by atoms with E-state index >= 15 is 0 Å². The minimum atomic E-state index is -4.96. The van der Waals surface area contributed by atoms with Crippen LogP contribution in [0.4, 0.5) is 17.6 Å². The molecule has 1 aromatic rings. The van der Waals surface area contributed by atoms with Gasteiger partial charge in [0.05, 0.1) is 17.1 Å². The Morgan fingerprint density at radius 3 is 2.09 bits per heavy atom. The van der Waals surface area contributed by atoms with Crippen LogP contribution >= 0.6 is 0 Å². The van der Waals surface area contributed by atoms with Gasteiger partial charge in [0.25, 0.3) is 0 Å². The molecule has 0 aliphatic carbocycles. The quantitative estimate of drug-likeness (QED) is 0.680. The number of benzene rings is 1. The van der Waals surface area contributed by atoms with Crippen molar-refractivity contribution < 1.29 is 31.6 Å². The highest BCUT2D eigenvalue weighted by Gasteiger charge is 2.53. The van der Waals surface area contributed by atoms with Crippen LogP contribution in [0.15, 0.2) is 18.2 Å². The van der Waals surface area contributed by atoms with E-state index in [1.807, 2.05) is 27.7 Å². The van der Waals surface area contributed by atoms with E-state index in [0.717, 1.165) is 12.1 Å². The van der Waals surface area contributed by atoms with Gasteiger partial charge in [-0.3, -0.25) is 0 Å². The van der Waals surface area contributed by atoms with Crippen molar-refractivity contribution >= 4 is 7.12 Å². The molecule has 1 aliphatic rings. The highest BCUT2D eigenvalue weighted by atomic mass is 19.4. The molecule has 4 nitrogen and oxygen atoms in total. The standard InChI is InChI=1S/C14H18BF4NO3/c1-12(2)13(3,4)23-15(22-12)11(20)8-5-6-10(9(16)7-8)21-14(17,18)19/h5-7,11H,20H2,1-4H3/t11-/m0/s1. The van der Waals surface area contributed by atoms with Gasteiger partial charge < -0.3 is 19.8 Å². The highest BCUT2D eigenvalue weighted by molar-refractivity contribution is 6.47. The number of halogens is 4. The molecule has 0 saturated carbocycles. The lowest BCUT2D eigenvalue weighted by Crippen LogP contribution is -2.41. The molecule has 1 aliphatic heterocycles. The lowest BCUT2D eigenvalue weighted by Gasteiger charge is -2.32. The Morgan fingerprint density at radius 1 is 1.13 bits per heavy atom. The van der Waals surface area contributed by atoms with Crippen molar-refractivity contribution in [3.05, 3.63) is 29.6 Å². The second kappa shape index (κ2) is 5.64. The Balaban J connectivity index is 2.18. The summed E-state index contributed by atoms with van der Waals surface area (Å²) in [4.78, 5) is 0. The van der Waals surface area contributed by atoms with Crippen LogP contribution in [0.1, 0.15) is 39.2 Å². The molecule has 2 rings (SSSR count). The van der Waals surface area contributed by atoms with Gasteiger partial charge in [-0.2, -0.15) is 0 Å². The van der Waals surface area contributed by atoms with E-state index < -0.39 is 42.2 Å². The summed E-state index contributed by atoms with van der Waals surface area (Å²) < 4.78 is 65.3. The van der Waals surface area contributed by atoms with Crippen molar-refractivity contribution in [2.75, 3.05) is 0 Å². The number of nitrogens with two attached hydrogens (primary N) is 1. The van der Waals surface area contributed by atoms with E-state index in [1.54, 1.807) is 0 Å². The van der Waals surface area contributed by atoms with Crippen LogP contribution in [0, 0.1) is 5.82 Å². The number of alkyl halides is 3.